The third-order valence-corrected chi connectivity index (χ3v) is 2.49. The van der Waals surface area contributed by atoms with Crippen LogP contribution < -0.4 is 10.5 Å². The van der Waals surface area contributed by atoms with E-state index in [2.05, 4.69) is 0 Å². The predicted octanol–water partition coefficient (Wildman–Crippen LogP) is 3.56. The van der Waals surface area contributed by atoms with Crippen LogP contribution in [0.25, 0.3) is 0 Å². The highest BCUT2D eigenvalue weighted by Crippen LogP contribution is 2.28. The Morgan fingerprint density at radius 2 is 2.00 bits per heavy atom. The van der Waals surface area contributed by atoms with Gasteiger partial charge in [-0.25, -0.2) is 4.39 Å². The molecule has 0 amide bonds. The molecule has 0 atom stereocenters. The van der Waals surface area contributed by atoms with Gasteiger partial charge in [-0.15, -0.1) is 0 Å². The third-order valence-electron chi connectivity index (χ3n) is 2.26. The first-order valence-corrected chi connectivity index (χ1v) is 5.51. The summed E-state index contributed by atoms with van der Waals surface area (Å²) >= 11 is 5.85. The number of hydrogen-bond donors (Lipinski definition) is 2. The molecule has 0 aliphatic heterocycles. The summed E-state index contributed by atoms with van der Waals surface area (Å²) in [7, 11) is 0. The number of hydrogen-bond acceptors (Lipinski definition) is 2. The minimum Gasteiger partial charge on any atom is -0.456 e. The Morgan fingerprint density at radius 1 is 1.22 bits per heavy atom. The molecule has 3 N–H and O–H groups in total. The van der Waals surface area contributed by atoms with E-state index in [1.807, 2.05) is 0 Å². The Labute approximate surface area is 108 Å². The Bertz CT molecular complexity index is 601. The fourth-order valence-corrected chi connectivity index (χ4v) is 1.62. The van der Waals surface area contributed by atoms with Gasteiger partial charge in [-0.05, 0) is 24.3 Å². The molecule has 0 saturated carbocycles. The van der Waals surface area contributed by atoms with Crippen molar-refractivity contribution in [2.24, 2.45) is 5.73 Å². The molecule has 92 valence electrons. The number of amidine groups is 1. The summed E-state index contributed by atoms with van der Waals surface area (Å²) in [5.74, 6) is 0.0948. The van der Waals surface area contributed by atoms with Gasteiger partial charge in [-0.3, -0.25) is 5.41 Å². The Hall–Kier alpha value is -2.07. The molecule has 2 rings (SSSR count). The van der Waals surface area contributed by atoms with E-state index in [9.17, 15) is 4.39 Å². The van der Waals surface area contributed by atoms with E-state index in [0.717, 1.165) is 0 Å². The van der Waals surface area contributed by atoms with Gasteiger partial charge < -0.3 is 10.5 Å². The van der Waals surface area contributed by atoms with E-state index in [1.54, 1.807) is 18.2 Å². The Kier molecular flexibility index (Phi) is 3.48. The SMILES string of the molecule is N=C(N)c1ccc(Cl)cc1Oc1cccc(F)c1. The minimum absolute atomic E-state index is 0.141. The summed E-state index contributed by atoms with van der Waals surface area (Å²) in [5, 5.41) is 7.89. The summed E-state index contributed by atoms with van der Waals surface area (Å²) in [6, 6.07) is 10.4. The zero-order chi connectivity index (χ0) is 13.1. The quantitative estimate of drug-likeness (QED) is 0.658. The molecule has 0 saturated heterocycles. The largest absolute Gasteiger partial charge is 0.456 e. The standard InChI is InChI=1S/C13H10ClFN2O/c14-8-4-5-11(13(16)17)12(6-8)18-10-3-1-2-9(15)7-10/h1-7H,(H3,16,17). The van der Waals surface area contributed by atoms with E-state index in [4.69, 9.17) is 27.5 Å². The van der Waals surface area contributed by atoms with Crippen molar-refractivity contribution in [3.8, 4) is 11.5 Å². The highest BCUT2D eigenvalue weighted by Gasteiger charge is 2.09. The van der Waals surface area contributed by atoms with E-state index in [0.29, 0.717) is 22.1 Å². The molecule has 3 nitrogen and oxygen atoms in total. The van der Waals surface area contributed by atoms with Crippen LogP contribution in [-0.4, -0.2) is 5.84 Å². The lowest BCUT2D eigenvalue weighted by Gasteiger charge is -2.10. The first kappa shape index (κ1) is 12.4. The Balaban J connectivity index is 2.39. The van der Waals surface area contributed by atoms with Crippen molar-refractivity contribution in [1.29, 1.82) is 5.41 Å². The van der Waals surface area contributed by atoms with Crippen molar-refractivity contribution < 1.29 is 9.13 Å². The van der Waals surface area contributed by atoms with Crippen molar-refractivity contribution in [2.45, 2.75) is 0 Å². The average Bonchev–Trinajstić information content (AvgIpc) is 2.28. The molecule has 2 aromatic carbocycles. The van der Waals surface area contributed by atoms with Gasteiger partial charge in [0.25, 0.3) is 0 Å². The molecule has 0 unspecified atom stereocenters. The van der Waals surface area contributed by atoms with Gasteiger partial charge in [-0.2, -0.15) is 0 Å². The van der Waals surface area contributed by atoms with Gasteiger partial charge in [0, 0.05) is 17.2 Å². The van der Waals surface area contributed by atoms with Crippen LogP contribution in [0.2, 0.25) is 5.02 Å². The Morgan fingerprint density at radius 3 is 2.67 bits per heavy atom. The van der Waals surface area contributed by atoms with Crippen LogP contribution in [0.3, 0.4) is 0 Å². The van der Waals surface area contributed by atoms with Crippen molar-refractivity contribution in [3.63, 3.8) is 0 Å². The van der Waals surface area contributed by atoms with Crippen molar-refractivity contribution in [3.05, 3.63) is 58.9 Å². The number of nitrogen functional groups attached to an aromatic ring is 1. The molecule has 5 heteroatoms. The smallest absolute Gasteiger partial charge is 0.139 e. The van der Waals surface area contributed by atoms with Crippen LogP contribution in [0.15, 0.2) is 42.5 Å². The predicted molar refractivity (Wildman–Crippen MR) is 68.9 cm³/mol. The maximum atomic E-state index is 13.0. The van der Waals surface area contributed by atoms with Crippen LogP contribution >= 0.6 is 11.6 Å². The summed E-state index contributed by atoms with van der Waals surface area (Å²) in [6.07, 6.45) is 0. The first-order chi connectivity index (χ1) is 8.56. The van der Waals surface area contributed by atoms with E-state index >= 15 is 0 Å². The van der Waals surface area contributed by atoms with Gasteiger partial charge in [0.2, 0.25) is 0 Å². The molecule has 0 fully saturated rings. The van der Waals surface area contributed by atoms with E-state index in [-0.39, 0.29) is 5.84 Å². The number of rotatable bonds is 3. The second-order valence-corrected chi connectivity index (χ2v) is 4.05. The first-order valence-electron chi connectivity index (χ1n) is 5.13. The van der Waals surface area contributed by atoms with E-state index in [1.165, 1.54) is 24.3 Å². The molecule has 0 aliphatic carbocycles. The number of benzene rings is 2. The summed E-state index contributed by atoms with van der Waals surface area (Å²) in [6.45, 7) is 0. The number of nitrogens with one attached hydrogen (secondary N) is 1. The molecular formula is C13H10ClFN2O. The average molecular weight is 265 g/mol. The third kappa shape index (κ3) is 2.78. The molecule has 0 heterocycles. The highest BCUT2D eigenvalue weighted by molar-refractivity contribution is 6.30. The van der Waals surface area contributed by atoms with Gasteiger partial charge in [0.05, 0.1) is 5.56 Å². The number of halogens is 2. The molecule has 0 aliphatic rings. The summed E-state index contributed by atoms with van der Waals surface area (Å²) < 4.78 is 18.5. The monoisotopic (exact) mass is 264 g/mol. The summed E-state index contributed by atoms with van der Waals surface area (Å²) in [4.78, 5) is 0. The fourth-order valence-electron chi connectivity index (χ4n) is 1.46. The molecule has 2 aromatic rings. The van der Waals surface area contributed by atoms with Gasteiger partial charge in [-0.1, -0.05) is 17.7 Å². The second-order valence-electron chi connectivity index (χ2n) is 3.61. The van der Waals surface area contributed by atoms with Crippen molar-refractivity contribution in [1.82, 2.24) is 0 Å². The minimum atomic E-state index is -0.404. The summed E-state index contributed by atoms with van der Waals surface area (Å²) in [5.41, 5.74) is 5.84. The van der Waals surface area contributed by atoms with Crippen LogP contribution in [0.4, 0.5) is 4.39 Å². The lowest BCUT2D eigenvalue weighted by Crippen LogP contribution is -2.12. The van der Waals surface area contributed by atoms with Crippen molar-refractivity contribution >= 4 is 17.4 Å². The van der Waals surface area contributed by atoms with Gasteiger partial charge in [0.1, 0.15) is 23.2 Å². The topological polar surface area (TPSA) is 59.1 Å². The zero-order valence-corrected chi connectivity index (χ0v) is 10.0. The molecule has 0 spiro atoms. The van der Waals surface area contributed by atoms with Crippen LogP contribution in [0, 0.1) is 11.2 Å². The number of ether oxygens (including phenoxy) is 1. The lowest BCUT2D eigenvalue weighted by molar-refractivity contribution is 0.476. The molecule has 18 heavy (non-hydrogen) atoms. The van der Waals surface area contributed by atoms with Gasteiger partial charge in [0.15, 0.2) is 0 Å². The zero-order valence-electron chi connectivity index (χ0n) is 9.28. The maximum absolute atomic E-state index is 13.0. The van der Waals surface area contributed by atoms with Crippen LogP contribution in [0.1, 0.15) is 5.56 Å². The molecular weight excluding hydrogens is 255 g/mol. The van der Waals surface area contributed by atoms with Crippen LogP contribution in [0.5, 0.6) is 11.5 Å². The van der Waals surface area contributed by atoms with Crippen molar-refractivity contribution in [2.75, 3.05) is 0 Å². The molecule has 0 aromatic heterocycles. The maximum Gasteiger partial charge on any atom is 0.139 e. The second kappa shape index (κ2) is 5.06. The normalized spacial score (nSPS) is 10.1. The van der Waals surface area contributed by atoms with E-state index < -0.39 is 5.82 Å². The highest BCUT2D eigenvalue weighted by atomic mass is 35.5. The molecule has 0 bridgehead atoms. The van der Waals surface area contributed by atoms with Gasteiger partial charge >= 0.3 is 0 Å². The fraction of sp³-hybridized carbons (Fsp3) is 0. The molecule has 0 radical (unpaired) electrons. The lowest BCUT2D eigenvalue weighted by atomic mass is 10.2. The van der Waals surface area contributed by atoms with Crippen LogP contribution in [-0.2, 0) is 0 Å². The number of nitrogens with two attached hydrogens (primary N) is 1.